The second-order valence-electron chi connectivity index (χ2n) is 12.3. The highest BCUT2D eigenvalue weighted by Crippen LogP contribution is 2.38. The van der Waals surface area contributed by atoms with Gasteiger partial charge >= 0.3 is 21.5 Å². The monoisotopic (exact) mass is 656 g/mol. The number of alkyl halides is 3. The van der Waals surface area contributed by atoms with Crippen LogP contribution >= 0.6 is 0 Å². The minimum atomic E-state index is -5.58. The first-order chi connectivity index (χ1) is 20.9. The molecule has 252 valence electrons. The SMILES string of the molecule is CCCCCCCC(CCCCC)(Oc1ccc(OC(C)=O)c(C(C)(C)C)c1)C(=O)Nc1ccc(NS(=O)(=O)C(F)(F)F)cc1. The molecule has 1 amide bonds. The molecule has 0 spiro atoms. The predicted octanol–water partition coefficient (Wildman–Crippen LogP) is 8.87. The molecule has 2 aromatic carbocycles. The molecule has 0 saturated carbocycles. The van der Waals surface area contributed by atoms with E-state index in [9.17, 15) is 31.2 Å². The van der Waals surface area contributed by atoms with Gasteiger partial charge in [0.2, 0.25) is 0 Å². The maximum Gasteiger partial charge on any atom is 0.516 e. The number of hydrogen-bond acceptors (Lipinski definition) is 6. The number of anilines is 2. The molecular formula is C33H47F3N2O6S. The number of ether oxygens (including phenoxy) is 2. The number of sulfonamides is 1. The van der Waals surface area contributed by atoms with Gasteiger partial charge in [0.1, 0.15) is 11.5 Å². The number of carbonyl (C=O) groups is 2. The zero-order valence-corrected chi connectivity index (χ0v) is 27.9. The molecule has 0 aliphatic rings. The van der Waals surface area contributed by atoms with E-state index in [1.165, 1.54) is 23.8 Å². The smallest absolute Gasteiger partial charge is 0.477 e. The summed E-state index contributed by atoms with van der Waals surface area (Å²) in [6, 6.07) is 10.1. The van der Waals surface area contributed by atoms with Crippen molar-refractivity contribution in [2.45, 2.75) is 122 Å². The number of rotatable bonds is 17. The van der Waals surface area contributed by atoms with Crippen LogP contribution in [0.15, 0.2) is 42.5 Å². The first kappa shape index (κ1) is 37.9. The van der Waals surface area contributed by atoms with Crippen LogP contribution in [0.25, 0.3) is 0 Å². The normalized spacial score (nSPS) is 13.5. The third kappa shape index (κ3) is 11.5. The second-order valence-corrected chi connectivity index (χ2v) is 14.0. The molecule has 2 rings (SSSR count). The van der Waals surface area contributed by atoms with Crippen LogP contribution in [0.3, 0.4) is 0 Å². The molecule has 1 atom stereocenters. The average molecular weight is 657 g/mol. The molecule has 0 aliphatic carbocycles. The van der Waals surface area contributed by atoms with Crippen molar-refractivity contribution in [3.8, 4) is 11.5 Å². The number of esters is 1. The summed E-state index contributed by atoms with van der Waals surface area (Å²) in [6.45, 7) is 11.4. The summed E-state index contributed by atoms with van der Waals surface area (Å²) in [6.07, 6.45) is 8.16. The Morgan fingerprint density at radius 2 is 1.33 bits per heavy atom. The third-order valence-electron chi connectivity index (χ3n) is 7.31. The van der Waals surface area contributed by atoms with E-state index in [2.05, 4.69) is 19.2 Å². The lowest BCUT2D eigenvalue weighted by Crippen LogP contribution is -2.48. The van der Waals surface area contributed by atoms with Gasteiger partial charge in [-0.1, -0.05) is 73.1 Å². The van der Waals surface area contributed by atoms with Crippen molar-refractivity contribution in [1.82, 2.24) is 0 Å². The van der Waals surface area contributed by atoms with Crippen molar-refractivity contribution in [3.63, 3.8) is 0 Å². The maximum atomic E-state index is 14.1. The summed E-state index contributed by atoms with van der Waals surface area (Å²) in [4.78, 5) is 25.9. The fourth-order valence-corrected chi connectivity index (χ4v) is 5.44. The van der Waals surface area contributed by atoms with E-state index in [-0.39, 0.29) is 11.4 Å². The highest BCUT2D eigenvalue weighted by molar-refractivity contribution is 7.93. The Hall–Kier alpha value is -3.28. The maximum absolute atomic E-state index is 14.1. The highest BCUT2D eigenvalue weighted by atomic mass is 32.2. The summed E-state index contributed by atoms with van der Waals surface area (Å²) >= 11 is 0. The Balaban J connectivity index is 2.48. The standard InChI is InChI=1S/C33H47F3N2O6S/c1-7-9-11-12-14-22-32(21-13-10-8-2,44-27-19-20-29(43-24(3)39)28(23-27)31(4,5)6)30(40)37-25-15-17-26(18-16-25)38-45(41,42)33(34,35)36/h15-20,23,38H,7-14,21-22H2,1-6H3,(H,37,40). The van der Waals surface area contributed by atoms with Crippen molar-refractivity contribution in [2.75, 3.05) is 10.0 Å². The number of nitrogens with one attached hydrogen (secondary N) is 2. The van der Waals surface area contributed by atoms with E-state index < -0.39 is 38.4 Å². The minimum Gasteiger partial charge on any atom is -0.477 e. The molecule has 8 nitrogen and oxygen atoms in total. The lowest BCUT2D eigenvalue weighted by Gasteiger charge is -2.34. The van der Waals surface area contributed by atoms with Crippen molar-refractivity contribution in [3.05, 3.63) is 48.0 Å². The number of carbonyl (C=O) groups excluding carboxylic acids is 2. The van der Waals surface area contributed by atoms with Crippen molar-refractivity contribution in [1.29, 1.82) is 0 Å². The van der Waals surface area contributed by atoms with Crippen LogP contribution in [0.4, 0.5) is 24.5 Å². The Bertz CT molecular complexity index is 1370. The molecule has 12 heteroatoms. The molecular weight excluding hydrogens is 609 g/mol. The number of unbranched alkanes of at least 4 members (excludes halogenated alkanes) is 6. The van der Waals surface area contributed by atoms with Crippen LogP contribution < -0.4 is 19.5 Å². The Labute approximate surface area is 265 Å². The Kier molecular flexibility index (Phi) is 13.8. The number of benzene rings is 2. The third-order valence-corrected chi connectivity index (χ3v) is 8.42. The lowest BCUT2D eigenvalue weighted by molar-refractivity contribution is -0.133. The van der Waals surface area contributed by atoms with Gasteiger partial charge in [-0.2, -0.15) is 21.6 Å². The predicted molar refractivity (Wildman–Crippen MR) is 171 cm³/mol. The minimum absolute atomic E-state index is 0.269. The molecule has 2 N–H and O–H groups in total. The number of halogens is 3. The summed E-state index contributed by atoms with van der Waals surface area (Å²) in [5.41, 5.74) is -6.45. The van der Waals surface area contributed by atoms with E-state index in [1.807, 2.05) is 20.8 Å². The van der Waals surface area contributed by atoms with Crippen LogP contribution in [0.2, 0.25) is 0 Å². The van der Waals surface area contributed by atoms with Gasteiger partial charge < -0.3 is 14.8 Å². The quantitative estimate of drug-likeness (QED) is 0.1000. The Morgan fingerprint density at radius 3 is 1.87 bits per heavy atom. The van der Waals surface area contributed by atoms with Gasteiger partial charge in [0.05, 0.1) is 0 Å². The largest absolute Gasteiger partial charge is 0.516 e. The molecule has 0 radical (unpaired) electrons. The van der Waals surface area contributed by atoms with E-state index >= 15 is 0 Å². The van der Waals surface area contributed by atoms with Crippen molar-refractivity contribution in [2.24, 2.45) is 0 Å². The molecule has 0 bridgehead atoms. The van der Waals surface area contributed by atoms with Crippen LogP contribution in [0.1, 0.15) is 111 Å². The summed E-state index contributed by atoms with van der Waals surface area (Å²) in [5.74, 6) is -0.0250. The average Bonchev–Trinajstić information content (AvgIpc) is 2.93. The Morgan fingerprint density at radius 1 is 0.800 bits per heavy atom. The molecule has 0 aromatic heterocycles. The van der Waals surface area contributed by atoms with E-state index in [4.69, 9.17) is 9.47 Å². The first-order valence-electron chi connectivity index (χ1n) is 15.5. The number of hydrogen-bond donors (Lipinski definition) is 2. The van der Waals surface area contributed by atoms with Gasteiger partial charge in [0.25, 0.3) is 5.91 Å². The van der Waals surface area contributed by atoms with Crippen LogP contribution in [0, 0.1) is 0 Å². The summed E-state index contributed by atoms with van der Waals surface area (Å²) in [5, 5.41) is 2.85. The number of amides is 1. The second kappa shape index (κ2) is 16.3. The topological polar surface area (TPSA) is 111 Å². The fraction of sp³-hybridized carbons (Fsp3) is 0.576. The fourth-order valence-electron chi connectivity index (χ4n) is 4.88. The van der Waals surface area contributed by atoms with E-state index in [0.717, 1.165) is 62.6 Å². The molecule has 45 heavy (non-hydrogen) atoms. The van der Waals surface area contributed by atoms with Gasteiger partial charge in [-0.25, -0.2) is 0 Å². The first-order valence-corrected chi connectivity index (χ1v) is 16.9. The zero-order chi connectivity index (χ0) is 33.9. The van der Waals surface area contributed by atoms with Gasteiger partial charge in [-0.3, -0.25) is 14.3 Å². The molecule has 0 aliphatic heterocycles. The van der Waals surface area contributed by atoms with Gasteiger partial charge in [0, 0.05) is 23.9 Å². The van der Waals surface area contributed by atoms with Crippen LogP contribution in [0.5, 0.6) is 11.5 Å². The molecule has 0 saturated heterocycles. The molecule has 0 fully saturated rings. The summed E-state index contributed by atoms with van der Waals surface area (Å²) < 4.78 is 75.0. The van der Waals surface area contributed by atoms with Gasteiger partial charge in [0.15, 0.2) is 5.60 Å². The molecule has 0 heterocycles. The molecule has 2 aromatic rings. The molecule has 1 unspecified atom stereocenters. The van der Waals surface area contributed by atoms with Crippen LogP contribution in [-0.2, 0) is 25.0 Å². The zero-order valence-electron chi connectivity index (χ0n) is 27.1. The van der Waals surface area contributed by atoms with Gasteiger partial charge in [-0.05, 0) is 73.6 Å². The van der Waals surface area contributed by atoms with Crippen molar-refractivity contribution < 1.29 is 40.7 Å². The van der Waals surface area contributed by atoms with Crippen molar-refractivity contribution >= 4 is 33.3 Å². The van der Waals surface area contributed by atoms with E-state index in [0.29, 0.717) is 30.8 Å². The van der Waals surface area contributed by atoms with Crippen LogP contribution in [-0.4, -0.2) is 31.4 Å². The van der Waals surface area contributed by atoms with E-state index in [1.54, 1.807) is 18.2 Å². The van der Waals surface area contributed by atoms with Gasteiger partial charge in [-0.15, -0.1) is 0 Å². The lowest BCUT2D eigenvalue weighted by atomic mass is 9.85. The highest BCUT2D eigenvalue weighted by Gasteiger charge is 2.46. The summed E-state index contributed by atoms with van der Waals surface area (Å²) in [7, 11) is -5.58.